The first-order chi connectivity index (χ1) is 10.5. The minimum Gasteiger partial charge on any atom is -0.335 e. The first-order valence-corrected chi connectivity index (χ1v) is 6.84. The van der Waals surface area contributed by atoms with Crippen LogP contribution in [0.25, 0.3) is 10.9 Å². The average Bonchev–Trinajstić information content (AvgIpc) is 2.78. The number of hydrogen-bond acceptors (Lipinski definition) is 1. The zero-order valence-corrected chi connectivity index (χ0v) is 11.9. The van der Waals surface area contributed by atoms with E-state index in [1.54, 1.807) is 0 Å². The molecule has 0 atom stereocenters. The summed E-state index contributed by atoms with van der Waals surface area (Å²) < 4.78 is 28.3. The van der Waals surface area contributed by atoms with Gasteiger partial charge in [0.2, 0.25) is 5.91 Å². The molecule has 2 aromatic carbocycles. The summed E-state index contributed by atoms with van der Waals surface area (Å²) in [6, 6.07) is 12.8. The van der Waals surface area contributed by atoms with Crippen molar-refractivity contribution in [1.29, 1.82) is 0 Å². The van der Waals surface area contributed by atoms with Gasteiger partial charge in [0.15, 0.2) is 0 Å². The van der Waals surface area contributed by atoms with Crippen molar-refractivity contribution in [3.8, 4) is 0 Å². The lowest BCUT2D eigenvalue weighted by Gasteiger charge is -2.10. The van der Waals surface area contributed by atoms with Crippen LogP contribution in [0, 0.1) is 18.6 Å². The lowest BCUT2D eigenvalue weighted by Crippen LogP contribution is -2.20. The van der Waals surface area contributed by atoms with Gasteiger partial charge in [-0.15, -0.1) is 0 Å². The maximum atomic E-state index is 13.6. The average molecular weight is 300 g/mol. The second-order valence-corrected chi connectivity index (χ2v) is 5.10. The van der Waals surface area contributed by atoms with Gasteiger partial charge in [-0.3, -0.25) is 4.79 Å². The Morgan fingerprint density at radius 2 is 1.91 bits per heavy atom. The lowest BCUT2D eigenvalue weighted by molar-refractivity contribution is -0.116. The van der Waals surface area contributed by atoms with Crippen molar-refractivity contribution >= 4 is 22.5 Å². The SMILES string of the molecule is Cc1cc2ccccc2n1CC(=O)Nc1ccc(F)cc1F. The molecule has 0 aliphatic heterocycles. The second-order valence-electron chi connectivity index (χ2n) is 5.10. The molecule has 0 fully saturated rings. The highest BCUT2D eigenvalue weighted by atomic mass is 19.1. The number of rotatable bonds is 3. The summed E-state index contributed by atoms with van der Waals surface area (Å²) in [5.41, 5.74) is 1.85. The smallest absolute Gasteiger partial charge is 0.244 e. The highest BCUT2D eigenvalue weighted by molar-refractivity contribution is 5.92. The summed E-state index contributed by atoms with van der Waals surface area (Å²) in [4.78, 5) is 12.1. The molecule has 0 saturated carbocycles. The summed E-state index contributed by atoms with van der Waals surface area (Å²) in [6.07, 6.45) is 0. The van der Waals surface area contributed by atoms with E-state index < -0.39 is 11.6 Å². The van der Waals surface area contributed by atoms with Crippen LogP contribution in [0.5, 0.6) is 0 Å². The van der Waals surface area contributed by atoms with Crippen LogP contribution >= 0.6 is 0 Å². The Labute approximate surface area is 126 Å². The van der Waals surface area contributed by atoms with Crippen LogP contribution in [0.2, 0.25) is 0 Å². The molecule has 112 valence electrons. The first kappa shape index (κ1) is 14.3. The molecule has 0 radical (unpaired) electrons. The third-order valence-corrected chi connectivity index (χ3v) is 3.52. The number of para-hydroxylation sites is 1. The van der Waals surface area contributed by atoms with Crippen LogP contribution in [0.1, 0.15) is 5.69 Å². The molecular weight excluding hydrogens is 286 g/mol. The van der Waals surface area contributed by atoms with Gasteiger partial charge in [-0.1, -0.05) is 18.2 Å². The van der Waals surface area contributed by atoms with Gasteiger partial charge in [-0.05, 0) is 36.6 Å². The van der Waals surface area contributed by atoms with Crippen LogP contribution in [0.15, 0.2) is 48.5 Å². The van der Waals surface area contributed by atoms with E-state index in [4.69, 9.17) is 0 Å². The Balaban J connectivity index is 1.83. The number of aromatic nitrogens is 1. The monoisotopic (exact) mass is 300 g/mol. The van der Waals surface area contributed by atoms with Crippen molar-refractivity contribution in [1.82, 2.24) is 4.57 Å². The number of aryl methyl sites for hydroxylation is 1. The molecule has 1 N–H and O–H groups in total. The molecule has 0 bridgehead atoms. The third kappa shape index (κ3) is 2.70. The third-order valence-electron chi connectivity index (χ3n) is 3.52. The Hall–Kier alpha value is -2.69. The lowest BCUT2D eigenvalue weighted by atomic mass is 10.2. The van der Waals surface area contributed by atoms with Gasteiger partial charge in [0.05, 0.1) is 5.69 Å². The Bertz CT molecular complexity index is 855. The molecule has 3 nitrogen and oxygen atoms in total. The van der Waals surface area contributed by atoms with Crippen molar-refractivity contribution in [2.45, 2.75) is 13.5 Å². The number of hydrogen-bond donors (Lipinski definition) is 1. The maximum Gasteiger partial charge on any atom is 0.244 e. The Morgan fingerprint density at radius 1 is 1.14 bits per heavy atom. The van der Waals surface area contributed by atoms with Crippen molar-refractivity contribution in [2.75, 3.05) is 5.32 Å². The van der Waals surface area contributed by atoms with Crippen molar-refractivity contribution in [3.05, 3.63) is 65.9 Å². The number of carbonyl (C=O) groups excluding carboxylic acids is 1. The minimum absolute atomic E-state index is 0.0273. The summed E-state index contributed by atoms with van der Waals surface area (Å²) in [5, 5.41) is 3.51. The fourth-order valence-corrected chi connectivity index (χ4v) is 2.48. The number of carbonyl (C=O) groups is 1. The molecular formula is C17H14F2N2O. The molecule has 0 unspecified atom stereocenters. The number of nitrogens with zero attached hydrogens (tertiary/aromatic N) is 1. The van der Waals surface area contributed by atoms with E-state index in [-0.39, 0.29) is 18.1 Å². The molecule has 3 aromatic rings. The zero-order chi connectivity index (χ0) is 15.7. The van der Waals surface area contributed by atoms with E-state index in [1.165, 1.54) is 6.07 Å². The number of nitrogens with one attached hydrogen (secondary N) is 1. The predicted molar refractivity (Wildman–Crippen MR) is 81.7 cm³/mol. The predicted octanol–water partition coefficient (Wildman–Crippen LogP) is 3.87. The van der Waals surface area contributed by atoms with E-state index in [9.17, 15) is 13.6 Å². The fourth-order valence-electron chi connectivity index (χ4n) is 2.48. The van der Waals surface area contributed by atoms with Gasteiger partial charge in [0.1, 0.15) is 18.2 Å². The molecule has 0 spiro atoms. The van der Waals surface area contributed by atoms with Gasteiger partial charge in [-0.2, -0.15) is 0 Å². The van der Waals surface area contributed by atoms with Crippen molar-refractivity contribution in [2.24, 2.45) is 0 Å². The molecule has 1 amide bonds. The summed E-state index contributed by atoms with van der Waals surface area (Å²) in [6.45, 7) is 1.97. The molecule has 0 aliphatic carbocycles. The number of amides is 1. The Kier molecular flexibility index (Phi) is 3.63. The van der Waals surface area contributed by atoms with E-state index in [0.29, 0.717) is 0 Å². The van der Waals surface area contributed by atoms with Gasteiger partial charge in [-0.25, -0.2) is 8.78 Å². The molecule has 0 aliphatic rings. The molecule has 0 saturated heterocycles. The van der Waals surface area contributed by atoms with Crippen LogP contribution in [0.4, 0.5) is 14.5 Å². The van der Waals surface area contributed by atoms with Crippen molar-refractivity contribution < 1.29 is 13.6 Å². The number of anilines is 1. The summed E-state index contributed by atoms with van der Waals surface area (Å²) in [5.74, 6) is -1.83. The molecule has 3 rings (SSSR count). The Morgan fingerprint density at radius 3 is 2.68 bits per heavy atom. The van der Waals surface area contributed by atoms with E-state index >= 15 is 0 Å². The van der Waals surface area contributed by atoms with E-state index in [0.717, 1.165) is 28.7 Å². The summed E-state index contributed by atoms with van der Waals surface area (Å²) in [7, 11) is 0. The number of fused-ring (bicyclic) bond motifs is 1. The summed E-state index contributed by atoms with van der Waals surface area (Å²) >= 11 is 0. The number of halogens is 2. The maximum absolute atomic E-state index is 13.6. The highest BCUT2D eigenvalue weighted by Gasteiger charge is 2.11. The minimum atomic E-state index is -0.789. The molecule has 1 aromatic heterocycles. The largest absolute Gasteiger partial charge is 0.335 e. The quantitative estimate of drug-likeness (QED) is 0.783. The van der Waals surface area contributed by atoms with Crippen LogP contribution < -0.4 is 5.32 Å². The second kappa shape index (κ2) is 5.60. The topological polar surface area (TPSA) is 34.0 Å². The van der Waals surface area contributed by atoms with Gasteiger partial charge in [0.25, 0.3) is 0 Å². The number of benzene rings is 2. The molecule has 22 heavy (non-hydrogen) atoms. The van der Waals surface area contributed by atoms with Gasteiger partial charge < -0.3 is 9.88 Å². The van der Waals surface area contributed by atoms with Gasteiger partial charge in [0, 0.05) is 17.3 Å². The van der Waals surface area contributed by atoms with E-state index in [2.05, 4.69) is 5.32 Å². The molecule has 1 heterocycles. The van der Waals surface area contributed by atoms with Gasteiger partial charge >= 0.3 is 0 Å². The van der Waals surface area contributed by atoms with E-state index in [1.807, 2.05) is 41.8 Å². The van der Waals surface area contributed by atoms with Crippen LogP contribution in [0.3, 0.4) is 0 Å². The van der Waals surface area contributed by atoms with Crippen molar-refractivity contribution in [3.63, 3.8) is 0 Å². The zero-order valence-electron chi connectivity index (χ0n) is 11.9. The first-order valence-electron chi connectivity index (χ1n) is 6.84. The highest BCUT2D eigenvalue weighted by Crippen LogP contribution is 2.20. The fraction of sp³-hybridized carbons (Fsp3) is 0.118. The normalized spacial score (nSPS) is 10.9. The molecule has 5 heteroatoms. The van der Waals surface area contributed by atoms with Crippen LogP contribution in [-0.4, -0.2) is 10.5 Å². The van der Waals surface area contributed by atoms with Crippen LogP contribution in [-0.2, 0) is 11.3 Å². The standard InChI is InChI=1S/C17H14F2N2O/c1-11-8-12-4-2-3-5-16(12)21(11)10-17(22)20-15-7-6-13(18)9-14(15)19/h2-9H,10H2,1H3,(H,20,22).